The number of nitrogens with zero attached hydrogens (tertiary/aromatic N) is 2. The van der Waals surface area contributed by atoms with E-state index in [2.05, 4.69) is 15.3 Å². The van der Waals surface area contributed by atoms with E-state index in [1.54, 1.807) is 18.2 Å². The van der Waals surface area contributed by atoms with Gasteiger partial charge in [0.1, 0.15) is 17.6 Å². The van der Waals surface area contributed by atoms with Crippen molar-refractivity contribution in [2.24, 2.45) is 5.92 Å². The van der Waals surface area contributed by atoms with Crippen LogP contribution in [0.4, 0.5) is 4.79 Å². The maximum Gasteiger partial charge on any atom is 0.498 e. The molecule has 4 rings (SSSR count). The number of likely N-dealkylation sites (tertiary alicyclic amines) is 1. The number of alkyl carbamates (subject to hydrolysis) is 1. The molecule has 2 aliphatic rings. The molecule has 2 aliphatic heterocycles. The lowest BCUT2D eigenvalue weighted by molar-refractivity contribution is -0.135. The third-order valence-corrected chi connectivity index (χ3v) is 7.89. The lowest BCUT2D eigenvalue weighted by Crippen LogP contribution is -2.51. The van der Waals surface area contributed by atoms with Crippen molar-refractivity contribution in [3.05, 3.63) is 30.2 Å². The summed E-state index contributed by atoms with van der Waals surface area (Å²) in [5.41, 5.74) is 1.62. The van der Waals surface area contributed by atoms with Gasteiger partial charge >= 0.3 is 13.2 Å². The number of aromatic amines is 1. The molecule has 0 radical (unpaired) electrons. The molecule has 3 heterocycles. The summed E-state index contributed by atoms with van der Waals surface area (Å²) in [6, 6.07) is 4.98. The normalized spacial score (nSPS) is 18.6. The Morgan fingerprint density at radius 2 is 1.64 bits per heavy atom. The molecule has 1 aromatic heterocycles. The topological polar surface area (TPSA) is 115 Å². The van der Waals surface area contributed by atoms with Gasteiger partial charge in [0.05, 0.1) is 43.4 Å². The molecule has 0 spiro atoms. The zero-order chi connectivity index (χ0) is 33.8. The van der Waals surface area contributed by atoms with Gasteiger partial charge in [-0.3, -0.25) is 4.79 Å². The molecule has 2 aromatic rings. The maximum absolute atomic E-state index is 13.4. The number of aromatic nitrogens is 2. The van der Waals surface area contributed by atoms with Gasteiger partial charge in [-0.2, -0.15) is 0 Å². The number of nitrogens with one attached hydrogen (secondary N) is 2. The highest BCUT2D eigenvalue weighted by atomic mass is 16.7. The van der Waals surface area contributed by atoms with Gasteiger partial charge < -0.3 is 34.0 Å². The second-order valence-corrected chi connectivity index (χ2v) is 11.3. The summed E-state index contributed by atoms with van der Waals surface area (Å²) >= 11 is 0. The number of rotatable bonds is 7. The fourth-order valence-corrected chi connectivity index (χ4v) is 4.89. The molecule has 10 nitrogen and oxygen atoms in total. The third kappa shape index (κ3) is 8.78. The summed E-state index contributed by atoms with van der Waals surface area (Å²) in [4.78, 5) is 35.1. The molecule has 248 valence electrons. The fourth-order valence-electron chi connectivity index (χ4n) is 4.89. The molecule has 1 aromatic carbocycles. The van der Waals surface area contributed by atoms with Crippen molar-refractivity contribution in [3.8, 4) is 17.0 Å². The number of amides is 2. The van der Waals surface area contributed by atoms with Gasteiger partial charge in [-0.15, -0.1) is 0 Å². The van der Waals surface area contributed by atoms with E-state index in [0.29, 0.717) is 18.1 Å². The van der Waals surface area contributed by atoms with E-state index >= 15 is 0 Å². The number of imidazole rings is 1. The number of hydrogen-bond donors (Lipinski definition) is 2. The summed E-state index contributed by atoms with van der Waals surface area (Å²) < 4.78 is 22.9. The van der Waals surface area contributed by atoms with Crippen LogP contribution in [0.1, 0.15) is 108 Å². The average Bonchev–Trinajstić information content (AvgIpc) is 3.76. The van der Waals surface area contributed by atoms with Crippen LogP contribution in [0, 0.1) is 5.92 Å². The molecular weight excluding hydrogens is 559 g/mol. The molecule has 2 N–H and O–H groups in total. The van der Waals surface area contributed by atoms with Crippen molar-refractivity contribution in [3.63, 3.8) is 0 Å². The standard InChI is InChI=1S/C27H39BN4O6.3C2H6/c1-16(2)22(31-25(34)36-8)24(33)32-13-9-10-20(32)23-29-15-19(30-23)17-11-12-18(21(14-17)35-7)28-37-26(3,4)27(5,6)38-28;3*1-2/h11-12,14-16,20,22H,9-10,13H2,1-8H3,(H,29,30)(H,31,34);3*1-2H3. The van der Waals surface area contributed by atoms with Crippen molar-refractivity contribution >= 4 is 24.6 Å². The van der Waals surface area contributed by atoms with E-state index in [9.17, 15) is 9.59 Å². The predicted octanol–water partition coefficient (Wildman–Crippen LogP) is 6.51. The Hall–Kier alpha value is -3.05. The Kier molecular flexibility index (Phi) is 15.5. The van der Waals surface area contributed by atoms with Crippen LogP contribution < -0.4 is 15.5 Å². The Morgan fingerprint density at radius 3 is 2.16 bits per heavy atom. The summed E-state index contributed by atoms with van der Waals surface area (Å²) in [7, 11) is 2.38. The minimum Gasteiger partial charge on any atom is -0.497 e. The SMILES string of the molecule is CC.CC.CC.COC(=O)NC(C(=O)N1CCCC1c1ncc(-c2ccc(B3OC(C)(C)C(C)(C)O3)c(OC)c2)[nH]1)C(C)C. The summed E-state index contributed by atoms with van der Waals surface area (Å²) in [5.74, 6) is 1.13. The van der Waals surface area contributed by atoms with Crippen LogP contribution in [0.5, 0.6) is 5.75 Å². The molecule has 2 saturated heterocycles. The van der Waals surface area contributed by atoms with Gasteiger partial charge in [-0.05, 0) is 52.5 Å². The Bertz CT molecular complexity index is 1170. The first kappa shape index (κ1) is 39.0. The predicted molar refractivity (Wildman–Crippen MR) is 178 cm³/mol. The molecule has 0 saturated carbocycles. The molecular formula is C33H57BN4O6. The largest absolute Gasteiger partial charge is 0.498 e. The van der Waals surface area contributed by atoms with Gasteiger partial charge in [0, 0.05) is 17.6 Å². The van der Waals surface area contributed by atoms with E-state index in [1.807, 2.05) is 101 Å². The van der Waals surface area contributed by atoms with Crippen molar-refractivity contribution < 1.29 is 28.4 Å². The molecule has 44 heavy (non-hydrogen) atoms. The minimum absolute atomic E-state index is 0.0926. The van der Waals surface area contributed by atoms with Gasteiger partial charge in [-0.1, -0.05) is 67.5 Å². The third-order valence-electron chi connectivity index (χ3n) is 7.89. The van der Waals surface area contributed by atoms with E-state index in [1.165, 1.54) is 7.11 Å². The van der Waals surface area contributed by atoms with Crippen LogP contribution in [0.15, 0.2) is 24.4 Å². The van der Waals surface area contributed by atoms with Crippen molar-refractivity contribution in [1.29, 1.82) is 0 Å². The molecule has 2 unspecified atom stereocenters. The number of ether oxygens (including phenoxy) is 2. The summed E-state index contributed by atoms with van der Waals surface area (Å²) in [6.07, 6.45) is 2.79. The Labute approximate surface area is 266 Å². The zero-order valence-corrected chi connectivity index (χ0v) is 29.6. The number of hydrogen-bond acceptors (Lipinski definition) is 7. The minimum atomic E-state index is -0.677. The number of carbonyl (C=O) groups is 2. The summed E-state index contributed by atoms with van der Waals surface area (Å²) in [5, 5.41) is 2.68. The molecule has 2 fully saturated rings. The van der Waals surface area contributed by atoms with Crippen LogP contribution >= 0.6 is 0 Å². The lowest BCUT2D eigenvalue weighted by Gasteiger charge is -2.32. The van der Waals surface area contributed by atoms with E-state index in [0.717, 1.165) is 29.6 Å². The number of H-pyrrole nitrogens is 1. The Morgan fingerprint density at radius 1 is 1.05 bits per heavy atom. The highest BCUT2D eigenvalue weighted by Gasteiger charge is 2.52. The first-order valence-corrected chi connectivity index (χ1v) is 16.1. The first-order chi connectivity index (χ1) is 20.9. The average molecular weight is 617 g/mol. The van der Waals surface area contributed by atoms with E-state index in [-0.39, 0.29) is 17.9 Å². The van der Waals surface area contributed by atoms with Crippen LogP contribution in [0.25, 0.3) is 11.3 Å². The van der Waals surface area contributed by atoms with Gasteiger partial charge in [-0.25, -0.2) is 9.78 Å². The second-order valence-electron chi connectivity index (χ2n) is 11.3. The van der Waals surface area contributed by atoms with Crippen LogP contribution in [0.3, 0.4) is 0 Å². The number of benzene rings is 1. The van der Waals surface area contributed by atoms with Crippen LogP contribution in [0.2, 0.25) is 0 Å². The second kappa shape index (κ2) is 17.4. The van der Waals surface area contributed by atoms with E-state index < -0.39 is 30.5 Å². The maximum atomic E-state index is 13.4. The van der Waals surface area contributed by atoms with Crippen LogP contribution in [-0.2, 0) is 18.8 Å². The first-order valence-electron chi connectivity index (χ1n) is 16.1. The van der Waals surface area contributed by atoms with Crippen LogP contribution in [-0.4, -0.2) is 72.0 Å². The lowest BCUT2D eigenvalue weighted by atomic mass is 9.78. The Balaban J connectivity index is 0.00000152. The van der Waals surface area contributed by atoms with Crippen molar-refractivity contribution in [2.75, 3.05) is 20.8 Å². The number of carbonyl (C=O) groups excluding carboxylic acids is 2. The monoisotopic (exact) mass is 616 g/mol. The van der Waals surface area contributed by atoms with E-state index in [4.69, 9.17) is 18.8 Å². The molecule has 0 bridgehead atoms. The van der Waals surface area contributed by atoms with Gasteiger partial charge in [0.15, 0.2) is 0 Å². The fraction of sp³-hybridized carbons (Fsp3) is 0.667. The van der Waals surface area contributed by atoms with Gasteiger partial charge in [0.25, 0.3) is 0 Å². The molecule has 11 heteroatoms. The highest BCUT2D eigenvalue weighted by Crippen LogP contribution is 2.38. The number of methoxy groups -OCH3 is 2. The molecule has 2 amide bonds. The zero-order valence-electron chi connectivity index (χ0n) is 29.6. The molecule has 2 atom stereocenters. The summed E-state index contributed by atoms with van der Waals surface area (Å²) in [6.45, 7) is 24.5. The quantitative estimate of drug-likeness (QED) is 0.341. The molecule has 0 aliphatic carbocycles. The smallest absolute Gasteiger partial charge is 0.497 e. The highest BCUT2D eigenvalue weighted by molar-refractivity contribution is 6.63. The van der Waals surface area contributed by atoms with Crippen molar-refractivity contribution in [1.82, 2.24) is 20.2 Å². The van der Waals surface area contributed by atoms with Crippen molar-refractivity contribution in [2.45, 2.75) is 119 Å². The van der Waals surface area contributed by atoms with Gasteiger partial charge in [0.2, 0.25) is 5.91 Å².